The highest BCUT2D eigenvalue weighted by Crippen LogP contribution is 2.12. The first kappa shape index (κ1) is 13.7. The molecule has 0 bridgehead atoms. The second-order valence-electron chi connectivity index (χ2n) is 4.04. The van der Waals surface area contributed by atoms with E-state index in [4.69, 9.17) is 10.2 Å². The van der Waals surface area contributed by atoms with Gasteiger partial charge in [-0.1, -0.05) is 12.1 Å². The van der Waals surface area contributed by atoms with Crippen LogP contribution in [-0.2, 0) is 23.1 Å². The van der Waals surface area contributed by atoms with E-state index in [1.165, 1.54) is 6.07 Å². The molecule has 2 rings (SSSR count). The number of benzene rings is 1. The van der Waals surface area contributed by atoms with E-state index >= 15 is 0 Å². The van der Waals surface area contributed by atoms with Gasteiger partial charge in [-0.05, 0) is 24.6 Å². The van der Waals surface area contributed by atoms with Crippen molar-refractivity contribution in [1.29, 1.82) is 0 Å². The summed E-state index contributed by atoms with van der Waals surface area (Å²) >= 11 is 0. The molecule has 1 aromatic heterocycles. The zero-order chi connectivity index (χ0) is 13.9. The molecule has 0 spiro atoms. The Morgan fingerprint density at radius 1 is 1.42 bits per heavy atom. The number of aryl methyl sites for hydroxylation is 1. The number of aromatic nitrogens is 1. The molecular formula is C12H15N3O3S. The van der Waals surface area contributed by atoms with Gasteiger partial charge in [0.25, 0.3) is 0 Å². The average Bonchev–Trinajstić information content (AvgIpc) is 2.82. The Morgan fingerprint density at radius 3 is 2.84 bits per heavy atom. The summed E-state index contributed by atoms with van der Waals surface area (Å²) in [5, 5.41) is 0. The lowest BCUT2D eigenvalue weighted by atomic mass is 10.2. The van der Waals surface area contributed by atoms with E-state index in [9.17, 15) is 8.42 Å². The van der Waals surface area contributed by atoms with E-state index < -0.39 is 10.0 Å². The maximum Gasteiger partial charge on any atom is 0.241 e. The average molecular weight is 281 g/mol. The van der Waals surface area contributed by atoms with Crippen molar-refractivity contribution in [2.75, 3.05) is 0 Å². The zero-order valence-corrected chi connectivity index (χ0v) is 11.3. The number of rotatable bonds is 5. The fraction of sp³-hybridized carbons (Fsp3) is 0.250. The minimum Gasteiger partial charge on any atom is -0.445 e. The van der Waals surface area contributed by atoms with Crippen LogP contribution >= 0.6 is 0 Å². The highest BCUT2D eigenvalue weighted by atomic mass is 32.2. The lowest BCUT2D eigenvalue weighted by Crippen LogP contribution is -2.23. The maximum atomic E-state index is 12.1. The summed E-state index contributed by atoms with van der Waals surface area (Å²) in [5.74, 6) is 0.968. The summed E-state index contributed by atoms with van der Waals surface area (Å²) in [5.41, 5.74) is 6.25. The van der Waals surface area contributed by atoms with E-state index in [1.807, 2.05) is 0 Å². The molecule has 0 saturated carbocycles. The Kier molecular flexibility index (Phi) is 3.98. The number of nitrogens with one attached hydrogen (secondary N) is 1. The van der Waals surface area contributed by atoms with Crippen molar-refractivity contribution in [1.82, 2.24) is 9.71 Å². The Hall–Kier alpha value is -1.70. The minimum atomic E-state index is -3.59. The molecule has 102 valence electrons. The smallest absolute Gasteiger partial charge is 0.241 e. The van der Waals surface area contributed by atoms with Crippen molar-refractivity contribution in [3.05, 3.63) is 47.7 Å². The van der Waals surface area contributed by atoms with Crippen LogP contribution in [0.5, 0.6) is 0 Å². The summed E-state index contributed by atoms with van der Waals surface area (Å²) in [7, 11) is -3.59. The molecule has 0 aliphatic heterocycles. The van der Waals surface area contributed by atoms with Gasteiger partial charge in [0.1, 0.15) is 5.76 Å². The van der Waals surface area contributed by atoms with E-state index in [1.54, 1.807) is 31.3 Å². The molecule has 6 nitrogen and oxygen atoms in total. The molecule has 0 fully saturated rings. The molecule has 0 unspecified atom stereocenters. The molecule has 0 aliphatic rings. The van der Waals surface area contributed by atoms with Gasteiger partial charge in [-0.2, -0.15) is 0 Å². The maximum absolute atomic E-state index is 12.1. The number of nitrogens with zero attached hydrogens (tertiary/aromatic N) is 1. The van der Waals surface area contributed by atoms with Crippen molar-refractivity contribution in [3.63, 3.8) is 0 Å². The molecule has 1 heterocycles. The van der Waals surface area contributed by atoms with Crippen LogP contribution in [0.1, 0.15) is 17.2 Å². The minimum absolute atomic E-state index is 0.0169. The molecule has 2 aromatic rings. The molecule has 0 saturated heterocycles. The van der Waals surface area contributed by atoms with Crippen molar-refractivity contribution in [3.8, 4) is 0 Å². The van der Waals surface area contributed by atoms with Crippen LogP contribution in [0, 0.1) is 6.92 Å². The number of nitrogens with two attached hydrogens (primary N) is 1. The fourth-order valence-electron chi connectivity index (χ4n) is 1.56. The van der Waals surface area contributed by atoms with Gasteiger partial charge in [-0.3, -0.25) is 0 Å². The molecule has 19 heavy (non-hydrogen) atoms. The lowest BCUT2D eigenvalue weighted by Gasteiger charge is -2.06. The first-order valence-corrected chi connectivity index (χ1v) is 7.19. The van der Waals surface area contributed by atoms with Gasteiger partial charge < -0.3 is 10.2 Å². The SMILES string of the molecule is Cc1cnc(CNS(=O)(=O)c2cccc(CN)c2)o1. The molecule has 1 aromatic carbocycles. The normalized spacial score (nSPS) is 11.7. The van der Waals surface area contributed by atoms with Crippen LogP contribution in [0.25, 0.3) is 0 Å². The Balaban J connectivity index is 2.13. The van der Waals surface area contributed by atoms with Crippen LogP contribution in [0.4, 0.5) is 0 Å². The van der Waals surface area contributed by atoms with Gasteiger partial charge in [0.2, 0.25) is 15.9 Å². The third-order valence-electron chi connectivity index (χ3n) is 2.53. The Labute approximate surface area is 111 Å². The van der Waals surface area contributed by atoms with Crippen molar-refractivity contribution in [2.24, 2.45) is 5.73 Å². The van der Waals surface area contributed by atoms with Crippen molar-refractivity contribution in [2.45, 2.75) is 24.9 Å². The highest BCUT2D eigenvalue weighted by Gasteiger charge is 2.15. The van der Waals surface area contributed by atoms with Gasteiger partial charge in [0.15, 0.2) is 0 Å². The quantitative estimate of drug-likeness (QED) is 0.849. The van der Waals surface area contributed by atoms with Gasteiger partial charge in [0.05, 0.1) is 17.6 Å². The molecule has 0 aliphatic carbocycles. The van der Waals surface area contributed by atoms with Crippen LogP contribution < -0.4 is 10.5 Å². The largest absolute Gasteiger partial charge is 0.445 e. The first-order valence-electron chi connectivity index (χ1n) is 5.71. The zero-order valence-electron chi connectivity index (χ0n) is 10.5. The molecule has 7 heteroatoms. The third kappa shape index (κ3) is 3.40. The summed E-state index contributed by atoms with van der Waals surface area (Å²) < 4.78 is 31.8. The van der Waals surface area contributed by atoms with Crippen molar-refractivity contribution < 1.29 is 12.8 Å². The van der Waals surface area contributed by atoms with Crippen molar-refractivity contribution >= 4 is 10.0 Å². The van der Waals surface area contributed by atoms with Gasteiger partial charge in [-0.15, -0.1) is 0 Å². The highest BCUT2D eigenvalue weighted by molar-refractivity contribution is 7.89. The molecular weight excluding hydrogens is 266 g/mol. The number of hydrogen-bond acceptors (Lipinski definition) is 5. The van der Waals surface area contributed by atoms with Gasteiger partial charge >= 0.3 is 0 Å². The summed E-state index contributed by atoms with van der Waals surface area (Å²) in [6.45, 7) is 2.06. The second-order valence-corrected chi connectivity index (χ2v) is 5.81. The molecule has 0 amide bonds. The Morgan fingerprint density at radius 2 is 2.21 bits per heavy atom. The third-order valence-corrected chi connectivity index (χ3v) is 3.93. The predicted molar refractivity (Wildman–Crippen MR) is 69.6 cm³/mol. The molecule has 0 atom stereocenters. The van der Waals surface area contributed by atoms with Gasteiger partial charge in [0, 0.05) is 6.54 Å². The van der Waals surface area contributed by atoms with Crippen LogP contribution in [-0.4, -0.2) is 13.4 Å². The number of oxazole rings is 1. The monoisotopic (exact) mass is 281 g/mol. The predicted octanol–water partition coefficient (Wildman–Crippen LogP) is 0.920. The number of hydrogen-bond donors (Lipinski definition) is 2. The van der Waals surface area contributed by atoms with Crippen LogP contribution in [0.2, 0.25) is 0 Å². The first-order chi connectivity index (χ1) is 9.01. The van der Waals surface area contributed by atoms with Crippen LogP contribution in [0.3, 0.4) is 0 Å². The van der Waals surface area contributed by atoms with E-state index in [-0.39, 0.29) is 11.4 Å². The Bertz CT molecular complexity index is 664. The summed E-state index contributed by atoms with van der Waals surface area (Å²) in [4.78, 5) is 4.11. The molecule has 3 N–H and O–H groups in total. The molecule has 0 radical (unpaired) electrons. The lowest BCUT2D eigenvalue weighted by molar-refractivity contribution is 0.463. The fourth-order valence-corrected chi connectivity index (χ4v) is 2.61. The summed E-state index contributed by atoms with van der Waals surface area (Å²) in [6, 6.07) is 6.49. The van der Waals surface area contributed by atoms with E-state index in [0.717, 1.165) is 5.56 Å². The van der Waals surface area contributed by atoms with Gasteiger partial charge in [-0.25, -0.2) is 18.1 Å². The topological polar surface area (TPSA) is 98.2 Å². The standard InChI is InChI=1S/C12H15N3O3S/c1-9-7-14-12(18-9)8-15-19(16,17)11-4-2-3-10(5-11)6-13/h2-5,7,15H,6,8,13H2,1H3. The van der Waals surface area contributed by atoms with Crippen LogP contribution in [0.15, 0.2) is 39.8 Å². The second kappa shape index (κ2) is 5.52. The number of sulfonamides is 1. The van der Waals surface area contributed by atoms with E-state index in [2.05, 4.69) is 9.71 Å². The summed E-state index contributed by atoms with van der Waals surface area (Å²) in [6.07, 6.45) is 1.54. The van der Waals surface area contributed by atoms with E-state index in [0.29, 0.717) is 18.2 Å².